The number of ether oxygens (including phenoxy) is 1. The van der Waals surface area contributed by atoms with Crippen LogP contribution in [0, 0.1) is 0 Å². The molecule has 1 heterocycles. The lowest BCUT2D eigenvalue weighted by molar-refractivity contribution is 0.182. The van der Waals surface area contributed by atoms with Gasteiger partial charge in [0, 0.05) is 20.8 Å². The SMILES string of the molecule is CCNC(CCOC)c1c(Cl)cnn1C. The second-order valence-electron chi connectivity index (χ2n) is 3.39. The van der Waals surface area contributed by atoms with Crippen molar-refractivity contribution in [3.63, 3.8) is 0 Å². The van der Waals surface area contributed by atoms with Crippen molar-refractivity contribution < 1.29 is 4.74 Å². The molecule has 0 aliphatic rings. The van der Waals surface area contributed by atoms with Crippen molar-refractivity contribution >= 4 is 11.6 Å². The Bertz CT molecular complexity index is 281. The maximum atomic E-state index is 6.09. The average molecular weight is 232 g/mol. The molecule has 1 aromatic heterocycles. The molecule has 0 saturated carbocycles. The minimum absolute atomic E-state index is 0.204. The number of hydrogen-bond donors (Lipinski definition) is 1. The second-order valence-corrected chi connectivity index (χ2v) is 3.80. The quantitative estimate of drug-likeness (QED) is 0.811. The van der Waals surface area contributed by atoms with E-state index in [1.54, 1.807) is 13.3 Å². The van der Waals surface area contributed by atoms with Crippen molar-refractivity contribution in [1.29, 1.82) is 0 Å². The van der Waals surface area contributed by atoms with Crippen LogP contribution in [0.4, 0.5) is 0 Å². The summed E-state index contributed by atoms with van der Waals surface area (Å²) in [5.74, 6) is 0. The van der Waals surface area contributed by atoms with Crippen LogP contribution in [0.2, 0.25) is 5.02 Å². The maximum absolute atomic E-state index is 6.09. The molecule has 0 amide bonds. The van der Waals surface area contributed by atoms with Crippen molar-refractivity contribution in [2.24, 2.45) is 7.05 Å². The third-order valence-corrected chi connectivity index (χ3v) is 2.62. The van der Waals surface area contributed by atoms with Crippen LogP contribution in [-0.4, -0.2) is 30.0 Å². The van der Waals surface area contributed by atoms with Crippen LogP contribution in [0.1, 0.15) is 25.1 Å². The Kier molecular flexibility index (Phi) is 5.08. The number of halogens is 1. The summed E-state index contributed by atoms with van der Waals surface area (Å²) < 4.78 is 6.89. The zero-order valence-electron chi connectivity index (χ0n) is 9.46. The molecule has 1 rings (SSSR count). The van der Waals surface area contributed by atoms with E-state index in [0.29, 0.717) is 11.6 Å². The number of nitrogens with one attached hydrogen (secondary N) is 1. The Hall–Kier alpha value is -0.580. The van der Waals surface area contributed by atoms with Crippen LogP contribution in [0.5, 0.6) is 0 Å². The minimum atomic E-state index is 0.204. The van der Waals surface area contributed by atoms with Gasteiger partial charge in [-0.05, 0) is 13.0 Å². The molecule has 1 unspecified atom stereocenters. The smallest absolute Gasteiger partial charge is 0.0834 e. The summed E-state index contributed by atoms with van der Waals surface area (Å²) in [7, 11) is 3.60. The van der Waals surface area contributed by atoms with E-state index >= 15 is 0 Å². The second kappa shape index (κ2) is 6.10. The van der Waals surface area contributed by atoms with Gasteiger partial charge in [-0.3, -0.25) is 4.68 Å². The van der Waals surface area contributed by atoms with Gasteiger partial charge in [0.05, 0.1) is 23.0 Å². The van der Waals surface area contributed by atoms with Crippen LogP contribution in [0.25, 0.3) is 0 Å². The first-order valence-electron chi connectivity index (χ1n) is 5.10. The highest BCUT2D eigenvalue weighted by Crippen LogP contribution is 2.24. The van der Waals surface area contributed by atoms with Gasteiger partial charge < -0.3 is 10.1 Å². The Morgan fingerprint density at radius 3 is 2.87 bits per heavy atom. The molecule has 5 heteroatoms. The first-order valence-corrected chi connectivity index (χ1v) is 5.48. The van der Waals surface area contributed by atoms with E-state index < -0.39 is 0 Å². The van der Waals surface area contributed by atoms with Gasteiger partial charge in [0.2, 0.25) is 0 Å². The molecule has 0 radical (unpaired) electrons. The van der Waals surface area contributed by atoms with Crippen molar-refractivity contribution in [3.05, 3.63) is 16.9 Å². The molecule has 0 aromatic carbocycles. The van der Waals surface area contributed by atoms with Crippen LogP contribution in [0.3, 0.4) is 0 Å². The highest BCUT2D eigenvalue weighted by molar-refractivity contribution is 6.31. The van der Waals surface area contributed by atoms with E-state index in [1.165, 1.54) is 0 Å². The Balaban J connectivity index is 2.78. The number of rotatable bonds is 6. The molecular formula is C10H18ClN3O. The zero-order valence-corrected chi connectivity index (χ0v) is 10.2. The molecule has 0 aliphatic carbocycles. The van der Waals surface area contributed by atoms with Crippen molar-refractivity contribution in [2.45, 2.75) is 19.4 Å². The fourth-order valence-corrected chi connectivity index (χ4v) is 1.93. The summed E-state index contributed by atoms with van der Waals surface area (Å²) in [6.45, 7) is 3.68. The topological polar surface area (TPSA) is 39.1 Å². The van der Waals surface area contributed by atoms with Crippen LogP contribution < -0.4 is 5.32 Å². The number of aryl methyl sites for hydroxylation is 1. The fraction of sp³-hybridized carbons (Fsp3) is 0.700. The van der Waals surface area contributed by atoms with E-state index in [0.717, 1.165) is 18.7 Å². The number of methoxy groups -OCH3 is 1. The first kappa shape index (κ1) is 12.5. The molecule has 0 fully saturated rings. The van der Waals surface area contributed by atoms with E-state index in [9.17, 15) is 0 Å². The largest absolute Gasteiger partial charge is 0.385 e. The third kappa shape index (κ3) is 3.19. The summed E-state index contributed by atoms with van der Waals surface area (Å²) >= 11 is 6.09. The minimum Gasteiger partial charge on any atom is -0.385 e. The van der Waals surface area contributed by atoms with Crippen molar-refractivity contribution in [1.82, 2.24) is 15.1 Å². The summed E-state index contributed by atoms with van der Waals surface area (Å²) in [5, 5.41) is 8.22. The molecule has 0 spiro atoms. The van der Waals surface area contributed by atoms with Gasteiger partial charge in [-0.15, -0.1) is 0 Å². The van der Waals surface area contributed by atoms with E-state index in [4.69, 9.17) is 16.3 Å². The lowest BCUT2D eigenvalue weighted by Crippen LogP contribution is -2.24. The summed E-state index contributed by atoms with van der Waals surface area (Å²) in [4.78, 5) is 0. The number of hydrogen-bond acceptors (Lipinski definition) is 3. The molecular weight excluding hydrogens is 214 g/mol. The molecule has 86 valence electrons. The van der Waals surface area contributed by atoms with Gasteiger partial charge in [0.25, 0.3) is 0 Å². The molecule has 15 heavy (non-hydrogen) atoms. The Morgan fingerprint density at radius 2 is 2.40 bits per heavy atom. The van der Waals surface area contributed by atoms with Crippen LogP contribution in [0.15, 0.2) is 6.20 Å². The van der Waals surface area contributed by atoms with Crippen molar-refractivity contribution in [2.75, 3.05) is 20.3 Å². The highest BCUT2D eigenvalue weighted by atomic mass is 35.5. The molecule has 1 aromatic rings. The lowest BCUT2D eigenvalue weighted by atomic mass is 10.1. The predicted molar refractivity (Wildman–Crippen MR) is 61.1 cm³/mol. The van der Waals surface area contributed by atoms with Gasteiger partial charge in [0.15, 0.2) is 0 Å². The third-order valence-electron chi connectivity index (χ3n) is 2.33. The fourth-order valence-electron chi connectivity index (χ4n) is 1.63. The van der Waals surface area contributed by atoms with E-state index in [2.05, 4.69) is 17.3 Å². The average Bonchev–Trinajstić information content (AvgIpc) is 2.54. The normalized spacial score (nSPS) is 13.1. The monoisotopic (exact) mass is 231 g/mol. The van der Waals surface area contributed by atoms with Crippen LogP contribution >= 0.6 is 11.6 Å². The molecule has 0 bridgehead atoms. The predicted octanol–water partition coefficient (Wildman–Crippen LogP) is 1.76. The highest BCUT2D eigenvalue weighted by Gasteiger charge is 2.17. The Labute approximate surface area is 95.6 Å². The molecule has 1 atom stereocenters. The zero-order chi connectivity index (χ0) is 11.3. The van der Waals surface area contributed by atoms with Gasteiger partial charge in [-0.2, -0.15) is 5.10 Å². The number of nitrogens with zero attached hydrogens (tertiary/aromatic N) is 2. The molecule has 4 nitrogen and oxygen atoms in total. The van der Waals surface area contributed by atoms with Crippen molar-refractivity contribution in [3.8, 4) is 0 Å². The molecule has 1 N–H and O–H groups in total. The Morgan fingerprint density at radius 1 is 1.67 bits per heavy atom. The number of aromatic nitrogens is 2. The summed E-state index contributed by atoms with van der Waals surface area (Å²) in [6.07, 6.45) is 2.57. The molecule has 0 saturated heterocycles. The standard InChI is InChI=1S/C10H18ClN3O/c1-4-12-9(5-6-15-3)10-8(11)7-13-14(10)2/h7,9,12H,4-6H2,1-3H3. The van der Waals surface area contributed by atoms with Gasteiger partial charge in [-0.25, -0.2) is 0 Å². The maximum Gasteiger partial charge on any atom is 0.0834 e. The van der Waals surface area contributed by atoms with E-state index in [-0.39, 0.29) is 6.04 Å². The summed E-state index contributed by atoms with van der Waals surface area (Å²) in [5.41, 5.74) is 1.02. The van der Waals surface area contributed by atoms with Gasteiger partial charge in [0.1, 0.15) is 0 Å². The van der Waals surface area contributed by atoms with Gasteiger partial charge >= 0.3 is 0 Å². The lowest BCUT2D eigenvalue weighted by Gasteiger charge is -2.18. The van der Waals surface area contributed by atoms with Gasteiger partial charge in [-0.1, -0.05) is 18.5 Å². The first-order chi connectivity index (χ1) is 7.20. The van der Waals surface area contributed by atoms with Crippen LogP contribution in [-0.2, 0) is 11.8 Å². The summed E-state index contributed by atoms with van der Waals surface area (Å²) in [6, 6.07) is 0.204. The molecule has 0 aliphatic heterocycles. The van der Waals surface area contributed by atoms with E-state index in [1.807, 2.05) is 11.7 Å².